The second-order valence-electron chi connectivity index (χ2n) is 3.64. The van der Waals surface area contributed by atoms with Crippen molar-refractivity contribution in [2.24, 2.45) is 7.05 Å². The fraction of sp³-hybridized carbons (Fsp3) is 0.0909. The van der Waals surface area contributed by atoms with E-state index in [9.17, 15) is 0 Å². The Morgan fingerprint density at radius 3 is 2.88 bits per heavy atom. The maximum Gasteiger partial charge on any atom is 0.137 e. The van der Waals surface area contributed by atoms with E-state index in [1.165, 1.54) is 0 Å². The molecule has 0 amide bonds. The minimum absolute atomic E-state index is 0.660. The Kier molecular flexibility index (Phi) is 1.73. The second-order valence-corrected chi connectivity index (χ2v) is 3.64. The number of rotatable bonds is 1. The van der Waals surface area contributed by atoms with Gasteiger partial charge in [0.05, 0.1) is 23.8 Å². The lowest BCUT2D eigenvalue weighted by molar-refractivity contribution is 0.772. The van der Waals surface area contributed by atoms with Crippen LogP contribution in [0.3, 0.4) is 0 Å². The maximum absolute atomic E-state index is 5.90. The van der Waals surface area contributed by atoms with Crippen molar-refractivity contribution in [3.63, 3.8) is 0 Å². The van der Waals surface area contributed by atoms with Crippen LogP contribution in [0.15, 0.2) is 36.8 Å². The third kappa shape index (κ3) is 1.11. The monoisotopic (exact) mass is 213 g/mol. The summed E-state index contributed by atoms with van der Waals surface area (Å²) in [6.45, 7) is 0. The van der Waals surface area contributed by atoms with Crippen LogP contribution in [0.5, 0.6) is 0 Å². The van der Waals surface area contributed by atoms with Gasteiger partial charge >= 0.3 is 0 Å². The molecule has 3 aromatic rings. The smallest absolute Gasteiger partial charge is 0.137 e. The van der Waals surface area contributed by atoms with Crippen molar-refractivity contribution < 1.29 is 0 Å². The Hall–Kier alpha value is -2.30. The van der Waals surface area contributed by atoms with Gasteiger partial charge in [0, 0.05) is 13.2 Å². The van der Waals surface area contributed by atoms with Crippen LogP contribution in [0.4, 0.5) is 5.69 Å². The average molecular weight is 213 g/mol. The van der Waals surface area contributed by atoms with Gasteiger partial charge in [0.25, 0.3) is 0 Å². The molecule has 3 heterocycles. The summed E-state index contributed by atoms with van der Waals surface area (Å²) in [6.07, 6.45) is 5.42. The van der Waals surface area contributed by atoms with Gasteiger partial charge in [-0.2, -0.15) is 5.10 Å². The summed E-state index contributed by atoms with van der Waals surface area (Å²) in [5.41, 5.74) is 9.30. The van der Waals surface area contributed by atoms with Crippen LogP contribution in [-0.4, -0.2) is 19.2 Å². The number of pyridine rings is 1. The predicted octanol–water partition coefficient (Wildman–Crippen LogP) is 1.32. The number of aryl methyl sites for hydroxylation is 1. The molecule has 3 rings (SSSR count). The molecule has 0 aromatic carbocycles. The number of fused-ring (bicyclic) bond motifs is 1. The molecule has 0 aliphatic heterocycles. The summed E-state index contributed by atoms with van der Waals surface area (Å²) in [6, 6.07) is 5.87. The minimum atomic E-state index is 0.660. The molecule has 0 spiro atoms. The Bertz CT molecular complexity index is 630. The quantitative estimate of drug-likeness (QED) is 0.663. The van der Waals surface area contributed by atoms with Crippen molar-refractivity contribution in [1.82, 2.24) is 19.2 Å². The number of hydrogen-bond acceptors (Lipinski definition) is 3. The normalized spacial score (nSPS) is 11.1. The first-order valence-electron chi connectivity index (χ1n) is 4.97. The second kappa shape index (κ2) is 3.10. The zero-order chi connectivity index (χ0) is 11.1. The van der Waals surface area contributed by atoms with E-state index in [-0.39, 0.29) is 0 Å². The maximum atomic E-state index is 5.90. The van der Waals surface area contributed by atoms with Crippen molar-refractivity contribution in [2.45, 2.75) is 0 Å². The van der Waals surface area contributed by atoms with Crippen molar-refractivity contribution in [3.05, 3.63) is 36.8 Å². The largest absolute Gasteiger partial charge is 0.396 e. The Balaban J connectivity index is 2.35. The summed E-state index contributed by atoms with van der Waals surface area (Å²) in [4.78, 5) is 4.32. The average Bonchev–Trinajstić information content (AvgIpc) is 2.83. The van der Waals surface area contributed by atoms with Crippen LogP contribution >= 0.6 is 0 Å². The highest BCUT2D eigenvalue weighted by Crippen LogP contribution is 2.25. The predicted molar refractivity (Wildman–Crippen MR) is 61.8 cm³/mol. The number of nitrogens with zero attached hydrogens (tertiary/aromatic N) is 4. The molecule has 16 heavy (non-hydrogen) atoms. The highest BCUT2D eigenvalue weighted by Gasteiger charge is 2.12. The molecule has 0 fully saturated rings. The van der Waals surface area contributed by atoms with Crippen LogP contribution in [0.2, 0.25) is 0 Å². The molecular weight excluding hydrogens is 202 g/mol. The lowest BCUT2D eigenvalue weighted by atomic mass is 10.3. The zero-order valence-corrected chi connectivity index (χ0v) is 8.83. The fourth-order valence-corrected chi connectivity index (χ4v) is 1.88. The van der Waals surface area contributed by atoms with Crippen LogP contribution < -0.4 is 5.73 Å². The number of aromatic nitrogens is 4. The molecule has 2 N–H and O–H groups in total. The summed E-state index contributed by atoms with van der Waals surface area (Å²) < 4.78 is 3.75. The molecule has 0 aliphatic rings. The molecular formula is C11H11N5. The Morgan fingerprint density at radius 2 is 2.12 bits per heavy atom. The summed E-state index contributed by atoms with van der Waals surface area (Å²) >= 11 is 0. The van der Waals surface area contributed by atoms with Crippen LogP contribution in [0.25, 0.3) is 17.0 Å². The first-order chi connectivity index (χ1) is 7.77. The number of hydrogen-bond donors (Lipinski definition) is 1. The van der Waals surface area contributed by atoms with Gasteiger partial charge in [-0.1, -0.05) is 6.07 Å². The highest BCUT2D eigenvalue weighted by molar-refractivity contribution is 5.71. The van der Waals surface area contributed by atoms with E-state index < -0.39 is 0 Å². The van der Waals surface area contributed by atoms with E-state index in [4.69, 9.17) is 5.73 Å². The Morgan fingerprint density at radius 1 is 1.25 bits per heavy atom. The fourth-order valence-electron chi connectivity index (χ4n) is 1.88. The third-order valence-corrected chi connectivity index (χ3v) is 2.63. The van der Waals surface area contributed by atoms with Gasteiger partial charge in [-0.3, -0.25) is 9.08 Å². The van der Waals surface area contributed by atoms with Gasteiger partial charge in [-0.15, -0.1) is 0 Å². The van der Waals surface area contributed by atoms with Crippen molar-refractivity contribution in [2.75, 3.05) is 5.73 Å². The molecule has 5 nitrogen and oxygen atoms in total. The molecule has 0 saturated carbocycles. The van der Waals surface area contributed by atoms with Crippen molar-refractivity contribution >= 4 is 11.3 Å². The van der Waals surface area contributed by atoms with E-state index in [0.29, 0.717) is 5.69 Å². The molecule has 80 valence electrons. The van der Waals surface area contributed by atoms with Gasteiger partial charge in [0.2, 0.25) is 0 Å². The van der Waals surface area contributed by atoms with E-state index >= 15 is 0 Å². The third-order valence-electron chi connectivity index (χ3n) is 2.63. The SMILES string of the molecule is Cn1ncc(N)c1-c1cnc2ccccn12. The molecule has 0 saturated heterocycles. The first kappa shape index (κ1) is 8.96. The van der Waals surface area contributed by atoms with Gasteiger partial charge in [0.1, 0.15) is 11.3 Å². The molecule has 0 unspecified atom stereocenters. The molecule has 0 bridgehead atoms. The summed E-state index contributed by atoms with van der Waals surface area (Å²) in [5.74, 6) is 0. The summed E-state index contributed by atoms with van der Waals surface area (Å²) in [5, 5.41) is 4.13. The van der Waals surface area contributed by atoms with Crippen LogP contribution in [0.1, 0.15) is 0 Å². The topological polar surface area (TPSA) is 61.1 Å². The van der Waals surface area contributed by atoms with Gasteiger partial charge < -0.3 is 5.73 Å². The van der Waals surface area contributed by atoms with E-state index in [0.717, 1.165) is 17.0 Å². The van der Waals surface area contributed by atoms with E-state index in [1.807, 2.05) is 42.0 Å². The van der Waals surface area contributed by atoms with Crippen molar-refractivity contribution in [3.8, 4) is 11.4 Å². The molecule has 0 radical (unpaired) electrons. The van der Waals surface area contributed by atoms with E-state index in [1.54, 1.807) is 10.9 Å². The number of imidazole rings is 1. The molecule has 0 atom stereocenters. The van der Waals surface area contributed by atoms with Crippen LogP contribution in [-0.2, 0) is 7.05 Å². The van der Waals surface area contributed by atoms with E-state index in [2.05, 4.69) is 10.1 Å². The highest BCUT2D eigenvalue weighted by atomic mass is 15.3. The molecule has 5 heteroatoms. The van der Waals surface area contributed by atoms with Gasteiger partial charge in [-0.25, -0.2) is 4.98 Å². The molecule has 3 aromatic heterocycles. The number of nitrogens with two attached hydrogens (primary N) is 1. The van der Waals surface area contributed by atoms with Gasteiger partial charge in [-0.05, 0) is 12.1 Å². The zero-order valence-electron chi connectivity index (χ0n) is 8.83. The van der Waals surface area contributed by atoms with Gasteiger partial charge in [0.15, 0.2) is 0 Å². The minimum Gasteiger partial charge on any atom is -0.396 e. The van der Waals surface area contributed by atoms with Crippen molar-refractivity contribution in [1.29, 1.82) is 0 Å². The lowest BCUT2D eigenvalue weighted by Gasteiger charge is -2.03. The van der Waals surface area contributed by atoms with Crippen LogP contribution in [0, 0.1) is 0 Å². The summed E-state index contributed by atoms with van der Waals surface area (Å²) in [7, 11) is 1.87. The number of nitrogen functional groups attached to an aromatic ring is 1. The Labute approximate surface area is 92.1 Å². The first-order valence-corrected chi connectivity index (χ1v) is 4.97. The molecule has 0 aliphatic carbocycles. The lowest BCUT2D eigenvalue weighted by Crippen LogP contribution is -1.98. The standard InChI is InChI=1S/C11H11N5/c1-15-11(8(12)6-14-15)9-7-13-10-4-2-3-5-16(9)10/h2-7H,12H2,1H3. The number of anilines is 1.